The fourth-order valence-corrected chi connectivity index (χ4v) is 2.93. The molecule has 3 nitrogen and oxygen atoms in total. The van der Waals surface area contributed by atoms with Crippen molar-refractivity contribution in [2.24, 2.45) is 11.3 Å². The summed E-state index contributed by atoms with van der Waals surface area (Å²) in [6, 6.07) is 2.13. The first-order valence-electron chi connectivity index (χ1n) is 8.18. The number of hydrogen-bond acceptors (Lipinski definition) is 3. The predicted molar refractivity (Wildman–Crippen MR) is 88.1 cm³/mol. The van der Waals surface area contributed by atoms with Gasteiger partial charge in [-0.3, -0.25) is 4.90 Å². The molecule has 1 atom stereocenters. The van der Waals surface area contributed by atoms with Crippen molar-refractivity contribution >= 4 is 0 Å². The molecule has 1 N–H and O–H groups in total. The van der Waals surface area contributed by atoms with Crippen LogP contribution in [0.15, 0.2) is 16.7 Å². The van der Waals surface area contributed by atoms with E-state index in [9.17, 15) is 0 Å². The van der Waals surface area contributed by atoms with Crippen molar-refractivity contribution in [2.45, 2.75) is 66.6 Å². The first-order chi connectivity index (χ1) is 9.65. The first-order valence-corrected chi connectivity index (χ1v) is 8.18. The molecule has 0 aliphatic carbocycles. The van der Waals surface area contributed by atoms with Crippen LogP contribution in [0.1, 0.15) is 59.3 Å². The highest BCUT2D eigenvalue weighted by Gasteiger charge is 2.32. The molecule has 1 aromatic rings. The molecule has 1 aliphatic heterocycles. The second-order valence-corrected chi connectivity index (χ2v) is 8.56. The van der Waals surface area contributed by atoms with Gasteiger partial charge in [0.15, 0.2) is 0 Å². The average Bonchev–Trinajstić information content (AvgIpc) is 2.94. The van der Waals surface area contributed by atoms with E-state index >= 15 is 0 Å². The fourth-order valence-electron chi connectivity index (χ4n) is 2.93. The summed E-state index contributed by atoms with van der Waals surface area (Å²) in [6.07, 6.45) is 3.14. The van der Waals surface area contributed by atoms with Crippen LogP contribution in [0.5, 0.6) is 0 Å². The Labute approximate surface area is 130 Å². The van der Waals surface area contributed by atoms with E-state index in [0.29, 0.717) is 5.41 Å². The lowest BCUT2D eigenvalue weighted by atomic mass is 9.80. The summed E-state index contributed by atoms with van der Waals surface area (Å²) in [4.78, 5) is 2.57. The molecular weight excluding hydrogens is 260 g/mol. The van der Waals surface area contributed by atoms with Gasteiger partial charge < -0.3 is 9.73 Å². The second kappa shape index (κ2) is 6.13. The molecule has 0 saturated carbocycles. The van der Waals surface area contributed by atoms with Crippen molar-refractivity contribution in [3.63, 3.8) is 0 Å². The van der Waals surface area contributed by atoms with Crippen LogP contribution in [-0.4, -0.2) is 23.5 Å². The summed E-state index contributed by atoms with van der Waals surface area (Å²) >= 11 is 0. The molecule has 1 fully saturated rings. The van der Waals surface area contributed by atoms with Crippen LogP contribution in [0.2, 0.25) is 0 Å². The van der Waals surface area contributed by atoms with Gasteiger partial charge in [-0.1, -0.05) is 20.8 Å². The summed E-state index contributed by atoms with van der Waals surface area (Å²) in [7, 11) is 0. The van der Waals surface area contributed by atoms with Gasteiger partial charge in [0, 0.05) is 24.2 Å². The average molecular weight is 292 g/mol. The molecule has 0 bridgehead atoms. The van der Waals surface area contributed by atoms with Crippen molar-refractivity contribution in [1.29, 1.82) is 0 Å². The molecule has 1 aliphatic rings. The molecule has 0 spiro atoms. The summed E-state index contributed by atoms with van der Waals surface area (Å²) in [5.41, 5.74) is 1.87. The lowest BCUT2D eigenvalue weighted by molar-refractivity contribution is 0.225. The molecule has 3 heteroatoms. The monoisotopic (exact) mass is 292 g/mol. The number of furan rings is 1. The van der Waals surface area contributed by atoms with Crippen LogP contribution < -0.4 is 5.32 Å². The molecular formula is C18H32N2O. The normalized spacial score (nSPS) is 21.1. The second-order valence-electron chi connectivity index (χ2n) is 8.56. The topological polar surface area (TPSA) is 28.4 Å². The maximum Gasteiger partial charge on any atom is 0.122 e. The number of nitrogens with zero attached hydrogens (tertiary/aromatic N) is 1. The van der Waals surface area contributed by atoms with E-state index in [-0.39, 0.29) is 5.54 Å². The van der Waals surface area contributed by atoms with E-state index in [1.807, 2.05) is 6.26 Å². The van der Waals surface area contributed by atoms with Crippen LogP contribution >= 0.6 is 0 Å². The Kier molecular flexibility index (Phi) is 4.84. The fraction of sp³-hybridized carbons (Fsp3) is 0.778. The lowest BCUT2D eigenvalue weighted by Gasteiger charge is -2.27. The standard InChI is InChI=1S/C18H32N2O/c1-17(2,3)15-7-9-20(13-15)12-14-8-10-21-16(14)11-19-18(4,5)6/h8,10,15,19H,7,9,11-13H2,1-6H3. The predicted octanol–water partition coefficient (Wildman–Crippen LogP) is 4.04. The summed E-state index contributed by atoms with van der Waals surface area (Å²) < 4.78 is 5.68. The third-order valence-corrected chi connectivity index (χ3v) is 4.51. The molecule has 0 radical (unpaired) electrons. The maximum absolute atomic E-state index is 5.68. The van der Waals surface area contributed by atoms with Gasteiger partial charge >= 0.3 is 0 Å². The zero-order valence-electron chi connectivity index (χ0n) is 14.6. The SMILES string of the molecule is CC(C)(C)NCc1occc1CN1CCC(C(C)(C)C)C1. The van der Waals surface area contributed by atoms with Crippen molar-refractivity contribution in [3.8, 4) is 0 Å². The van der Waals surface area contributed by atoms with E-state index in [0.717, 1.165) is 24.8 Å². The van der Waals surface area contributed by atoms with Crippen molar-refractivity contribution in [2.75, 3.05) is 13.1 Å². The highest BCUT2D eigenvalue weighted by molar-refractivity contribution is 5.17. The van der Waals surface area contributed by atoms with E-state index in [1.54, 1.807) is 0 Å². The van der Waals surface area contributed by atoms with Gasteiger partial charge in [-0.05, 0) is 51.1 Å². The van der Waals surface area contributed by atoms with Gasteiger partial charge in [0.2, 0.25) is 0 Å². The van der Waals surface area contributed by atoms with Crippen LogP contribution in [0, 0.1) is 11.3 Å². The number of nitrogens with one attached hydrogen (secondary N) is 1. The molecule has 1 unspecified atom stereocenters. The first kappa shape index (κ1) is 16.6. The molecule has 2 heterocycles. The molecule has 0 amide bonds. The van der Waals surface area contributed by atoms with Crippen LogP contribution in [0.25, 0.3) is 0 Å². The lowest BCUT2D eigenvalue weighted by Crippen LogP contribution is -2.35. The summed E-state index contributed by atoms with van der Waals surface area (Å²) in [6.45, 7) is 17.9. The number of rotatable bonds is 4. The quantitative estimate of drug-likeness (QED) is 0.908. The van der Waals surface area contributed by atoms with Crippen molar-refractivity contribution in [1.82, 2.24) is 10.2 Å². The summed E-state index contributed by atoms with van der Waals surface area (Å²) in [5, 5.41) is 3.51. The van der Waals surface area contributed by atoms with Gasteiger partial charge in [-0.2, -0.15) is 0 Å². The third kappa shape index (κ3) is 4.86. The minimum absolute atomic E-state index is 0.120. The Hall–Kier alpha value is -0.800. The van der Waals surface area contributed by atoms with Gasteiger partial charge in [-0.15, -0.1) is 0 Å². The Morgan fingerprint density at radius 2 is 1.95 bits per heavy atom. The van der Waals surface area contributed by atoms with Crippen molar-refractivity contribution in [3.05, 3.63) is 23.7 Å². The maximum atomic E-state index is 5.68. The number of hydrogen-bond donors (Lipinski definition) is 1. The van der Waals surface area contributed by atoms with Crippen LogP contribution in [0.3, 0.4) is 0 Å². The minimum Gasteiger partial charge on any atom is -0.468 e. The Morgan fingerprint density at radius 3 is 2.52 bits per heavy atom. The Morgan fingerprint density at radius 1 is 1.24 bits per heavy atom. The molecule has 21 heavy (non-hydrogen) atoms. The largest absolute Gasteiger partial charge is 0.468 e. The van der Waals surface area contributed by atoms with Crippen LogP contribution in [0.4, 0.5) is 0 Å². The van der Waals surface area contributed by atoms with Gasteiger partial charge in [0.05, 0.1) is 12.8 Å². The van der Waals surface area contributed by atoms with Gasteiger partial charge in [0.25, 0.3) is 0 Å². The zero-order chi connectivity index (χ0) is 15.7. The Bertz CT molecular complexity index is 451. The molecule has 1 saturated heterocycles. The minimum atomic E-state index is 0.120. The third-order valence-electron chi connectivity index (χ3n) is 4.51. The highest BCUT2D eigenvalue weighted by atomic mass is 16.3. The summed E-state index contributed by atoms with van der Waals surface area (Å²) in [5.74, 6) is 1.89. The van der Waals surface area contributed by atoms with E-state index in [2.05, 4.69) is 57.8 Å². The van der Waals surface area contributed by atoms with E-state index in [1.165, 1.54) is 25.1 Å². The number of likely N-dealkylation sites (tertiary alicyclic amines) is 1. The van der Waals surface area contributed by atoms with Gasteiger partial charge in [-0.25, -0.2) is 0 Å². The Balaban J connectivity index is 1.91. The van der Waals surface area contributed by atoms with Gasteiger partial charge in [0.1, 0.15) is 5.76 Å². The van der Waals surface area contributed by atoms with Crippen molar-refractivity contribution < 1.29 is 4.42 Å². The molecule has 1 aromatic heterocycles. The smallest absolute Gasteiger partial charge is 0.122 e. The zero-order valence-corrected chi connectivity index (χ0v) is 14.6. The molecule has 0 aromatic carbocycles. The van der Waals surface area contributed by atoms with E-state index < -0.39 is 0 Å². The molecule has 2 rings (SSSR count). The van der Waals surface area contributed by atoms with E-state index in [4.69, 9.17) is 4.42 Å². The highest BCUT2D eigenvalue weighted by Crippen LogP contribution is 2.34. The van der Waals surface area contributed by atoms with Crippen LogP contribution in [-0.2, 0) is 13.1 Å². The molecule has 120 valence electrons.